The van der Waals surface area contributed by atoms with Crippen LogP contribution in [-0.2, 0) is 9.53 Å². The summed E-state index contributed by atoms with van der Waals surface area (Å²) in [5.74, 6) is -0.709. The molecule has 0 aliphatic rings. The highest BCUT2D eigenvalue weighted by Crippen LogP contribution is 2.32. The van der Waals surface area contributed by atoms with Crippen molar-refractivity contribution >= 4 is 11.6 Å². The lowest BCUT2D eigenvalue weighted by Gasteiger charge is -2.15. The van der Waals surface area contributed by atoms with E-state index in [2.05, 4.69) is 4.98 Å². The molecule has 124 valence electrons. The summed E-state index contributed by atoms with van der Waals surface area (Å²) in [5.41, 5.74) is -0.143. The van der Waals surface area contributed by atoms with Crippen molar-refractivity contribution in [3.8, 4) is 5.88 Å². The van der Waals surface area contributed by atoms with E-state index in [1.165, 1.54) is 11.5 Å². The zero-order chi connectivity index (χ0) is 17.3. The van der Waals surface area contributed by atoms with E-state index in [0.717, 1.165) is 0 Å². The van der Waals surface area contributed by atoms with Gasteiger partial charge in [0, 0.05) is 6.20 Å². The van der Waals surface area contributed by atoms with Gasteiger partial charge in [-0.25, -0.2) is 0 Å². The van der Waals surface area contributed by atoms with Gasteiger partial charge in [0.1, 0.15) is 17.2 Å². The fourth-order valence-electron chi connectivity index (χ4n) is 2.63. The topological polar surface area (TPSA) is 94.0 Å². The number of rotatable bonds is 4. The summed E-state index contributed by atoms with van der Waals surface area (Å²) in [7, 11) is 1.26. The lowest BCUT2D eigenvalue weighted by Crippen LogP contribution is -2.24. The Morgan fingerprint density at radius 2 is 2.17 bits per heavy atom. The van der Waals surface area contributed by atoms with Gasteiger partial charge in [-0.1, -0.05) is 6.07 Å². The number of aromatic hydroxyl groups is 1. The van der Waals surface area contributed by atoms with Gasteiger partial charge < -0.3 is 14.3 Å². The fourth-order valence-corrected chi connectivity index (χ4v) is 2.63. The molecule has 3 aromatic heterocycles. The van der Waals surface area contributed by atoms with E-state index in [1.807, 2.05) is 0 Å². The second-order valence-electron chi connectivity index (χ2n) is 5.36. The number of carbonyl (C=O) groups is 1. The van der Waals surface area contributed by atoms with Gasteiger partial charge in [0.05, 0.1) is 25.0 Å². The summed E-state index contributed by atoms with van der Waals surface area (Å²) >= 11 is 0. The highest BCUT2D eigenvalue weighted by atomic mass is 16.5. The molecule has 3 rings (SSSR count). The largest absolute Gasteiger partial charge is 0.493 e. The van der Waals surface area contributed by atoms with Gasteiger partial charge in [0.25, 0.3) is 5.56 Å². The first-order valence-corrected chi connectivity index (χ1v) is 7.34. The summed E-state index contributed by atoms with van der Waals surface area (Å²) in [6.45, 7) is 1.75. The number of furan rings is 1. The van der Waals surface area contributed by atoms with Gasteiger partial charge in [-0.15, -0.1) is 0 Å². The minimum Gasteiger partial charge on any atom is -0.493 e. The normalized spacial score (nSPS) is 12.2. The van der Waals surface area contributed by atoms with E-state index in [0.29, 0.717) is 17.2 Å². The SMILES string of the molecule is COC(=O)CC(c1ccc(C)o1)c1c(O)nc2ccccn2c1=O. The fraction of sp³-hybridized carbons (Fsp3) is 0.235. The van der Waals surface area contributed by atoms with Gasteiger partial charge in [-0.3, -0.25) is 14.0 Å². The molecule has 0 aliphatic heterocycles. The number of fused-ring (bicyclic) bond motifs is 1. The van der Waals surface area contributed by atoms with Gasteiger partial charge >= 0.3 is 5.97 Å². The maximum Gasteiger partial charge on any atom is 0.306 e. The van der Waals surface area contributed by atoms with Crippen LogP contribution in [0.1, 0.15) is 29.4 Å². The molecule has 24 heavy (non-hydrogen) atoms. The number of hydrogen-bond donors (Lipinski definition) is 1. The van der Waals surface area contributed by atoms with Crippen molar-refractivity contribution in [2.75, 3.05) is 7.11 Å². The summed E-state index contributed by atoms with van der Waals surface area (Å²) in [5, 5.41) is 10.3. The number of esters is 1. The van der Waals surface area contributed by atoms with Crippen LogP contribution < -0.4 is 5.56 Å². The first-order chi connectivity index (χ1) is 11.5. The second-order valence-corrected chi connectivity index (χ2v) is 5.36. The van der Waals surface area contributed by atoms with Crippen LogP contribution in [0.5, 0.6) is 5.88 Å². The second kappa shape index (κ2) is 6.19. The third-order valence-electron chi connectivity index (χ3n) is 3.80. The molecule has 0 saturated carbocycles. The zero-order valence-corrected chi connectivity index (χ0v) is 13.2. The van der Waals surface area contributed by atoms with Crippen LogP contribution in [0.2, 0.25) is 0 Å². The molecule has 7 heteroatoms. The molecular weight excluding hydrogens is 312 g/mol. The van der Waals surface area contributed by atoms with Crippen LogP contribution in [0.25, 0.3) is 5.65 Å². The molecule has 0 aromatic carbocycles. The quantitative estimate of drug-likeness (QED) is 0.736. The minimum atomic E-state index is -0.789. The molecule has 1 unspecified atom stereocenters. The molecule has 1 atom stereocenters. The van der Waals surface area contributed by atoms with Crippen LogP contribution in [0.4, 0.5) is 0 Å². The molecule has 3 heterocycles. The van der Waals surface area contributed by atoms with Gasteiger partial charge in [0.15, 0.2) is 0 Å². The van der Waals surface area contributed by atoms with Crippen molar-refractivity contribution in [1.29, 1.82) is 0 Å². The molecule has 0 radical (unpaired) electrons. The van der Waals surface area contributed by atoms with Crippen LogP contribution in [0, 0.1) is 6.92 Å². The van der Waals surface area contributed by atoms with Crippen LogP contribution in [0.15, 0.2) is 45.7 Å². The molecule has 0 bridgehead atoms. The Morgan fingerprint density at radius 3 is 2.83 bits per heavy atom. The predicted molar refractivity (Wildman–Crippen MR) is 85.0 cm³/mol. The van der Waals surface area contributed by atoms with E-state index in [4.69, 9.17) is 9.15 Å². The predicted octanol–water partition coefficient (Wildman–Crippen LogP) is 2.00. The Bertz CT molecular complexity index is 957. The lowest BCUT2D eigenvalue weighted by atomic mass is 9.94. The number of carbonyl (C=O) groups excluding carboxylic acids is 1. The first-order valence-electron chi connectivity index (χ1n) is 7.34. The van der Waals surface area contributed by atoms with Crippen molar-refractivity contribution < 1.29 is 19.1 Å². The average Bonchev–Trinajstić information content (AvgIpc) is 3.00. The monoisotopic (exact) mass is 328 g/mol. The summed E-state index contributed by atoms with van der Waals surface area (Å²) in [6.07, 6.45) is 1.41. The number of methoxy groups -OCH3 is 1. The number of aryl methyl sites for hydroxylation is 1. The third-order valence-corrected chi connectivity index (χ3v) is 3.80. The van der Waals surface area contributed by atoms with E-state index in [1.54, 1.807) is 43.5 Å². The highest BCUT2D eigenvalue weighted by Gasteiger charge is 2.29. The molecule has 3 aromatic rings. The van der Waals surface area contributed by atoms with Crippen LogP contribution >= 0.6 is 0 Å². The molecule has 0 amide bonds. The summed E-state index contributed by atoms with van der Waals surface area (Å²) in [6, 6.07) is 8.40. The van der Waals surface area contributed by atoms with Gasteiger partial charge in [-0.05, 0) is 31.2 Å². The van der Waals surface area contributed by atoms with E-state index in [9.17, 15) is 14.7 Å². The third kappa shape index (κ3) is 2.76. The van der Waals surface area contributed by atoms with Gasteiger partial charge in [0.2, 0.25) is 5.88 Å². The Labute approximate surface area is 137 Å². The first kappa shape index (κ1) is 15.8. The molecule has 0 aliphatic carbocycles. The minimum absolute atomic E-state index is 0.00144. The van der Waals surface area contributed by atoms with E-state index < -0.39 is 23.3 Å². The number of hydrogen-bond acceptors (Lipinski definition) is 6. The maximum absolute atomic E-state index is 12.8. The Morgan fingerprint density at radius 1 is 1.38 bits per heavy atom. The number of nitrogens with zero attached hydrogens (tertiary/aromatic N) is 2. The molecular formula is C17H16N2O5. The van der Waals surface area contributed by atoms with E-state index in [-0.39, 0.29) is 12.0 Å². The number of pyridine rings is 1. The van der Waals surface area contributed by atoms with Crippen molar-refractivity contribution in [3.05, 3.63) is 64.0 Å². The Hall–Kier alpha value is -3.09. The van der Waals surface area contributed by atoms with Gasteiger partial charge in [-0.2, -0.15) is 4.98 Å². The molecule has 0 spiro atoms. The summed E-state index contributed by atoms with van der Waals surface area (Å²) in [4.78, 5) is 28.6. The number of aromatic nitrogens is 2. The van der Waals surface area contributed by atoms with Crippen LogP contribution in [0.3, 0.4) is 0 Å². The van der Waals surface area contributed by atoms with Crippen molar-refractivity contribution in [2.24, 2.45) is 0 Å². The smallest absolute Gasteiger partial charge is 0.306 e. The lowest BCUT2D eigenvalue weighted by molar-refractivity contribution is -0.140. The van der Waals surface area contributed by atoms with Crippen molar-refractivity contribution in [3.63, 3.8) is 0 Å². The van der Waals surface area contributed by atoms with Crippen molar-refractivity contribution in [1.82, 2.24) is 9.38 Å². The molecule has 7 nitrogen and oxygen atoms in total. The Kier molecular flexibility index (Phi) is 4.07. The van der Waals surface area contributed by atoms with E-state index >= 15 is 0 Å². The average molecular weight is 328 g/mol. The molecule has 0 saturated heterocycles. The zero-order valence-electron chi connectivity index (χ0n) is 13.2. The standard InChI is InChI=1S/C17H16N2O5/c1-10-6-7-12(24-10)11(9-14(20)23-2)15-16(21)18-13-5-3-4-8-19(13)17(15)22/h3-8,11,21H,9H2,1-2H3. The highest BCUT2D eigenvalue weighted by molar-refractivity contribution is 5.71. The summed E-state index contributed by atoms with van der Waals surface area (Å²) < 4.78 is 11.6. The number of ether oxygens (including phenoxy) is 1. The molecule has 0 fully saturated rings. The maximum atomic E-state index is 12.8. The van der Waals surface area contributed by atoms with Crippen LogP contribution in [-0.4, -0.2) is 27.6 Å². The van der Waals surface area contributed by atoms with Crippen molar-refractivity contribution in [2.45, 2.75) is 19.3 Å². The molecule has 1 N–H and O–H groups in total. The Balaban J connectivity index is 2.22.